The van der Waals surface area contributed by atoms with Gasteiger partial charge in [0.25, 0.3) is 0 Å². The molecule has 2 aromatic heterocycles. The quantitative estimate of drug-likeness (QED) is 0.675. The average molecular weight is 378 g/mol. The molecule has 0 radical (unpaired) electrons. The Hall–Kier alpha value is -3.61. The number of ether oxygens (including phenoxy) is 1. The lowest BCUT2D eigenvalue weighted by Gasteiger charge is -2.20. The number of para-hydroxylation sites is 2. The number of benzene rings is 1. The van der Waals surface area contributed by atoms with Crippen LogP contribution in [-0.4, -0.2) is 26.9 Å². The predicted octanol–water partition coefficient (Wildman–Crippen LogP) is 3.87. The molecule has 1 aromatic carbocycles. The Labute approximate surface area is 163 Å². The van der Waals surface area contributed by atoms with Crippen LogP contribution in [-0.2, 0) is 4.79 Å². The molecule has 0 fully saturated rings. The number of hydrogen-bond donors (Lipinski definition) is 2. The number of aromatic nitrogens is 2. The second kappa shape index (κ2) is 7.96. The highest BCUT2D eigenvalue weighted by Gasteiger charge is 2.16. The van der Waals surface area contributed by atoms with Crippen LogP contribution in [0.25, 0.3) is 11.7 Å². The van der Waals surface area contributed by atoms with E-state index >= 15 is 0 Å². The lowest BCUT2D eigenvalue weighted by atomic mass is 10.1. The molecule has 7 nitrogen and oxygen atoms in total. The Bertz CT molecular complexity index is 1030. The molecule has 0 atom stereocenters. The molecule has 3 aromatic rings. The number of nitrogens with one attached hydrogen (secondary N) is 2. The normalized spacial score (nSPS) is 11.5. The summed E-state index contributed by atoms with van der Waals surface area (Å²) >= 11 is 0. The third-order valence-corrected chi connectivity index (χ3v) is 3.68. The third kappa shape index (κ3) is 4.97. The molecule has 2 N–H and O–H groups in total. The minimum Gasteiger partial charge on any atom is -0.408 e. The van der Waals surface area contributed by atoms with Crippen molar-refractivity contribution in [2.75, 3.05) is 5.32 Å². The van der Waals surface area contributed by atoms with Crippen molar-refractivity contribution in [2.45, 2.75) is 26.3 Å². The van der Waals surface area contributed by atoms with Gasteiger partial charge in [0.2, 0.25) is 5.91 Å². The number of nitrogens with zero attached hydrogens (tertiary/aromatic N) is 2. The maximum absolute atomic E-state index is 12.3. The fourth-order valence-electron chi connectivity index (χ4n) is 2.50. The Morgan fingerprint density at radius 1 is 1.11 bits per heavy atom. The molecule has 0 saturated heterocycles. The highest BCUT2D eigenvalue weighted by molar-refractivity contribution is 6.02. The van der Waals surface area contributed by atoms with Crippen molar-refractivity contribution >= 4 is 29.4 Å². The van der Waals surface area contributed by atoms with E-state index in [1.165, 1.54) is 6.08 Å². The Balaban J connectivity index is 1.70. The summed E-state index contributed by atoms with van der Waals surface area (Å²) in [5.41, 5.74) is 1.55. The second-order valence-corrected chi connectivity index (χ2v) is 7.20. The van der Waals surface area contributed by atoms with E-state index in [4.69, 9.17) is 4.74 Å². The van der Waals surface area contributed by atoms with Crippen LogP contribution in [0.15, 0.2) is 60.9 Å². The van der Waals surface area contributed by atoms with Gasteiger partial charge in [-0.1, -0.05) is 18.2 Å². The molecule has 144 valence electrons. The minimum absolute atomic E-state index is 0.265. The predicted molar refractivity (Wildman–Crippen MR) is 108 cm³/mol. The molecule has 0 bridgehead atoms. The van der Waals surface area contributed by atoms with Crippen LogP contribution in [0.2, 0.25) is 0 Å². The summed E-state index contributed by atoms with van der Waals surface area (Å²) in [6, 6.07) is 12.4. The number of fused-ring (bicyclic) bond motifs is 1. The molecular weight excluding hydrogens is 356 g/mol. The molecule has 2 heterocycles. The zero-order valence-corrected chi connectivity index (χ0v) is 16.0. The first kappa shape index (κ1) is 19.2. The standard InChI is InChI=1S/C21H22N4O3/c1-21(2,3)24-20(27)28-17-9-5-4-8-16(17)23-19(26)12-11-15-14-22-18-10-6-7-13-25(15)18/h4-14H,1-3H3,(H,23,26)(H,24,27)/b12-11+. The van der Waals surface area contributed by atoms with Gasteiger partial charge in [-0.2, -0.15) is 0 Å². The number of amides is 2. The van der Waals surface area contributed by atoms with Crippen molar-refractivity contribution in [1.82, 2.24) is 14.7 Å². The summed E-state index contributed by atoms with van der Waals surface area (Å²) in [6.07, 6.45) is 6.05. The van der Waals surface area contributed by atoms with Crippen molar-refractivity contribution < 1.29 is 14.3 Å². The van der Waals surface area contributed by atoms with Crippen LogP contribution in [0.3, 0.4) is 0 Å². The van der Waals surface area contributed by atoms with Gasteiger partial charge < -0.3 is 19.8 Å². The van der Waals surface area contributed by atoms with Crippen LogP contribution in [0.5, 0.6) is 5.75 Å². The van der Waals surface area contributed by atoms with E-state index in [1.807, 2.05) is 49.6 Å². The SMILES string of the molecule is CC(C)(C)NC(=O)Oc1ccccc1NC(=O)/C=C/c1cnc2ccccn12. The van der Waals surface area contributed by atoms with E-state index in [0.29, 0.717) is 5.69 Å². The monoisotopic (exact) mass is 378 g/mol. The van der Waals surface area contributed by atoms with Crippen molar-refractivity contribution in [1.29, 1.82) is 0 Å². The summed E-state index contributed by atoms with van der Waals surface area (Å²) in [5.74, 6) is -0.0843. The molecule has 0 spiro atoms. The summed E-state index contributed by atoms with van der Waals surface area (Å²) in [7, 11) is 0. The fourth-order valence-corrected chi connectivity index (χ4v) is 2.50. The lowest BCUT2D eigenvalue weighted by Crippen LogP contribution is -2.42. The van der Waals surface area contributed by atoms with Crippen LogP contribution in [0.1, 0.15) is 26.5 Å². The first-order valence-electron chi connectivity index (χ1n) is 8.82. The first-order valence-corrected chi connectivity index (χ1v) is 8.82. The molecular formula is C21H22N4O3. The van der Waals surface area contributed by atoms with E-state index in [1.54, 1.807) is 36.5 Å². The van der Waals surface area contributed by atoms with E-state index in [0.717, 1.165) is 11.3 Å². The van der Waals surface area contributed by atoms with Crippen LogP contribution < -0.4 is 15.4 Å². The van der Waals surface area contributed by atoms with E-state index in [9.17, 15) is 9.59 Å². The second-order valence-electron chi connectivity index (χ2n) is 7.20. The van der Waals surface area contributed by atoms with Crippen molar-refractivity contribution in [3.63, 3.8) is 0 Å². The van der Waals surface area contributed by atoms with Gasteiger partial charge in [0, 0.05) is 17.8 Å². The minimum atomic E-state index is -0.588. The van der Waals surface area contributed by atoms with Gasteiger partial charge >= 0.3 is 6.09 Å². The van der Waals surface area contributed by atoms with E-state index < -0.39 is 11.6 Å². The van der Waals surface area contributed by atoms with Crippen LogP contribution >= 0.6 is 0 Å². The first-order chi connectivity index (χ1) is 13.3. The third-order valence-electron chi connectivity index (χ3n) is 3.68. The number of carbonyl (C=O) groups excluding carboxylic acids is 2. The van der Waals surface area contributed by atoms with Gasteiger partial charge in [0.1, 0.15) is 5.65 Å². The zero-order chi connectivity index (χ0) is 20.1. The molecule has 0 aliphatic heterocycles. The van der Waals surface area contributed by atoms with Crippen molar-refractivity contribution in [3.8, 4) is 5.75 Å². The van der Waals surface area contributed by atoms with Gasteiger partial charge in [-0.25, -0.2) is 9.78 Å². The largest absolute Gasteiger partial charge is 0.413 e. The maximum Gasteiger partial charge on any atom is 0.413 e. The van der Waals surface area contributed by atoms with Crippen molar-refractivity contribution in [2.24, 2.45) is 0 Å². The van der Waals surface area contributed by atoms with Gasteiger partial charge in [-0.15, -0.1) is 0 Å². The number of rotatable bonds is 4. The van der Waals surface area contributed by atoms with Gasteiger partial charge in [-0.3, -0.25) is 4.79 Å². The van der Waals surface area contributed by atoms with Crippen LogP contribution in [0.4, 0.5) is 10.5 Å². The molecule has 0 unspecified atom stereocenters. The summed E-state index contributed by atoms with van der Waals surface area (Å²) < 4.78 is 7.20. The van der Waals surface area contributed by atoms with Crippen LogP contribution in [0, 0.1) is 0 Å². The van der Waals surface area contributed by atoms with E-state index in [2.05, 4.69) is 15.6 Å². The van der Waals surface area contributed by atoms with Gasteiger partial charge in [-0.05, 0) is 51.1 Å². The number of anilines is 1. The smallest absolute Gasteiger partial charge is 0.408 e. The van der Waals surface area contributed by atoms with Gasteiger partial charge in [0.15, 0.2) is 5.75 Å². The molecule has 2 amide bonds. The Morgan fingerprint density at radius 2 is 1.86 bits per heavy atom. The summed E-state index contributed by atoms with van der Waals surface area (Å²) in [6.45, 7) is 5.56. The molecule has 3 rings (SSSR count). The molecule has 0 saturated carbocycles. The van der Waals surface area contributed by atoms with Crippen molar-refractivity contribution in [3.05, 3.63) is 66.6 Å². The average Bonchev–Trinajstić information content (AvgIpc) is 3.03. The van der Waals surface area contributed by atoms with E-state index in [-0.39, 0.29) is 11.7 Å². The molecule has 7 heteroatoms. The number of hydrogen-bond acceptors (Lipinski definition) is 4. The molecule has 28 heavy (non-hydrogen) atoms. The Kier molecular flexibility index (Phi) is 5.44. The zero-order valence-electron chi connectivity index (χ0n) is 16.0. The summed E-state index contributed by atoms with van der Waals surface area (Å²) in [5, 5.41) is 5.44. The maximum atomic E-state index is 12.3. The summed E-state index contributed by atoms with van der Waals surface area (Å²) in [4.78, 5) is 28.6. The Morgan fingerprint density at radius 3 is 2.64 bits per heavy atom. The highest BCUT2D eigenvalue weighted by Crippen LogP contribution is 2.24. The number of pyridine rings is 1. The topological polar surface area (TPSA) is 84.7 Å². The lowest BCUT2D eigenvalue weighted by molar-refractivity contribution is -0.111. The molecule has 0 aliphatic rings. The number of imidazole rings is 1. The fraction of sp³-hybridized carbons (Fsp3) is 0.190. The number of carbonyl (C=O) groups is 2. The highest BCUT2D eigenvalue weighted by atomic mass is 16.6. The van der Waals surface area contributed by atoms with Gasteiger partial charge in [0.05, 0.1) is 17.6 Å². The molecule has 0 aliphatic carbocycles.